The highest BCUT2D eigenvalue weighted by atomic mass is 16.6. The average Bonchev–Trinajstić information content (AvgIpc) is 3.19. The van der Waals surface area contributed by atoms with Crippen LogP contribution in [-0.4, -0.2) is 62.1 Å². The molecule has 0 aromatic heterocycles. The van der Waals surface area contributed by atoms with E-state index < -0.39 is 23.2 Å². The summed E-state index contributed by atoms with van der Waals surface area (Å²) in [4.78, 5) is 25.7. The zero-order valence-electron chi connectivity index (χ0n) is 15.5. The summed E-state index contributed by atoms with van der Waals surface area (Å²) < 4.78 is 27.8. The lowest BCUT2D eigenvalue weighted by atomic mass is 9.67. The number of phenols is 1. The minimum atomic E-state index is -0.960. The van der Waals surface area contributed by atoms with Gasteiger partial charge in [-0.15, -0.1) is 0 Å². The number of ketones is 1. The fraction of sp³-hybridized carbons (Fsp3) is 0.500. The Kier molecular flexibility index (Phi) is 3.57. The van der Waals surface area contributed by atoms with Crippen molar-refractivity contribution in [1.82, 2.24) is 0 Å². The van der Waals surface area contributed by atoms with Crippen LogP contribution in [0.5, 0.6) is 17.2 Å². The first-order valence-corrected chi connectivity index (χ1v) is 9.13. The molecule has 4 unspecified atom stereocenters. The normalized spacial score (nSPS) is 37.0. The van der Waals surface area contributed by atoms with Crippen molar-refractivity contribution in [2.45, 2.75) is 30.7 Å². The second-order valence-corrected chi connectivity index (χ2v) is 7.60. The van der Waals surface area contributed by atoms with Gasteiger partial charge >= 0.3 is 5.97 Å². The van der Waals surface area contributed by atoms with E-state index >= 15 is 0 Å². The van der Waals surface area contributed by atoms with Crippen molar-refractivity contribution in [3.8, 4) is 17.2 Å². The number of aromatic hydroxyl groups is 1. The van der Waals surface area contributed by atoms with Gasteiger partial charge in [0.2, 0.25) is 5.75 Å². The van der Waals surface area contributed by atoms with Gasteiger partial charge in [-0.3, -0.25) is 9.59 Å². The predicted molar refractivity (Wildman–Crippen MR) is 94.2 cm³/mol. The minimum absolute atomic E-state index is 0.0832. The van der Waals surface area contributed by atoms with E-state index in [1.54, 1.807) is 18.2 Å². The Labute approximate surface area is 161 Å². The van der Waals surface area contributed by atoms with Gasteiger partial charge in [-0.25, -0.2) is 0 Å². The van der Waals surface area contributed by atoms with Crippen LogP contribution < -0.4 is 9.47 Å². The molecule has 8 nitrogen and oxygen atoms in total. The highest BCUT2D eigenvalue weighted by Gasteiger charge is 2.77. The number of fused-ring (bicyclic) bond motifs is 1. The zero-order chi connectivity index (χ0) is 19.7. The first-order valence-electron chi connectivity index (χ1n) is 9.13. The van der Waals surface area contributed by atoms with E-state index in [2.05, 4.69) is 0 Å². The largest absolute Gasteiger partial charge is 0.502 e. The number of carbonyl (C=O) groups excluding carboxylic acids is 2. The summed E-state index contributed by atoms with van der Waals surface area (Å²) in [5, 5.41) is 10.1. The lowest BCUT2D eigenvalue weighted by Gasteiger charge is -2.46. The van der Waals surface area contributed by atoms with Crippen LogP contribution in [-0.2, 0) is 23.8 Å². The third kappa shape index (κ3) is 1.96. The third-order valence-electron chi connectivity index (χ3n) is 6.43. The van der Waals surface area contributed by atoms with Gasteiger partial charge in [0.15, 0.2) is 17.3 Å². The van der Waals surface area contributed by atoms with E-state index in [1.807, 2.05) is 0 Å². The lowest BCUT2D eigenvalue weighted by molar-refractivity contribution is -0.197. The SMILES string of the molecule is COc1cc(C=C2C(=O)C3CC45CCOC2C4(COC5=O)O3)cc(OC)c1O. The van der Waals surface area contributed by atoms with Crippen molar-refractivity contribution in [2.75, 3.05) is 27.4 Å². The molecule has 148 valence electrons. The van der Waals surface area contributed by atoms with E-state index in [0.717, 1.165) is 0 Å². The summed E-state index contributed by atoms with van der Waals surface area (Å²) >= 11 is 0. The molecule has 4 fully saturated rings. The molecule has 8 heteroatoms. The monoisotopic (exact) mass is 388 g/mol. The topological polar surface area (TPSA) is 101 Å². The van der Waals surface area contributed by atoms with Crippen LogP contribution in [0, 0.1) is 5.41 Å². The number of phenolic OH excluding ortho intramolecular Hbond substituents is 1. The van der Waals surface area contributed by atoms with Crippen LogP contribution in [0.1, 0.15) is 18.4 Å². The molecule has 1 aromatic rings. The molecule has 1 aromatic carbocycles. The Morgan fingerprint density at radius 3 is 2.61 bits per heavy atom. The summed E-state index contributed by atoms with van der Waals surface area (Å²) in [5.41, 5.74) is -0.739. The van der Waals surface area contributed by atoms with Crippen molar-refractivity contribution in [1.29, 1.82) is 0 Å². The van der Waals surface area contributed by atoms with E-state index in [9.17, 15) is 14.7 Å². The molecule has 4 aliphatic heterocycles. The van der Waals surface area contributed by atoms with Crippen molar-refractivity contribution in [3.63, 3.8) is 0 Å². The molecular weight excluding hydrogens is 368 g/mol. The first kappa shape index (κ1) is 17.5. The van der Waals surface area contributed by atoms with E-state index in [0.29, 0.717) is 30.6 Å². The molecular formula is C20H20O8. The number of esters is 1. The lowest BCUT2D eigenvalue weighted by Crippen LogP contribution is -2.62. The van der Waals surface area contributed by atoms with Gasteiger partial charge in [-0.2, -0.15) is 0 Å². The molecule has 1 N–H and O–H groups in total. The van der Waals surface area contributed by atoms with Gasteiger partial charge in [-0.05, 0) is 30.2 Å². The number of hydrogen-bond donors (Lipinski definition) is 1. The van der Waals surface area contributed by atoms with Gasteiger partial charge < -0.3 is 28.8 Å². The number of rotatable bonds is 3. The number of ether oxygens (including phenoxy) is 5. The zero-order valence-corrected chi connectivity index (χ0v) is 15.5. The van der Waals surface area contributed by atoms with Crippen molar-refractivity contribution < 1.29 is 38.4 Å². The first-order chi connectivity index (χ1) is 13.5. The van der Waals surface area contributed by atoms with Gasteiger partial charge in [-0.1, -0.05) is 0 Å². The predicted octanol–water partition coefficient (Wildman–Crippen LogP) is 1.24. The number of cyclic esters (lactones) is 1. The van der Waals surface area contributed by atoms with Gasteiger partial charge in [0.1, 0.15) is 29.8 Å². The quantitative estimate of drug-likeness (QED) is 0.610. The Morgan fingerprint density at radius 2 is 1.93 bits per heavy atom. The van der Waals surface area contributed by atoms with Gasteiger partial charge in [0.25, 0.3) is 0 Å². The van der Waals surface area contributed by atoms with Crippen LogP contribution >= 0.6 is 0 Å². The molecule has 28 heavy (non-hydrogen) atoms. The number of hydrogen-bond acceptors (Lipinski definition) is 8. The maximum absolute atomic E-state index is 13.1. The van der Waals surface area contributed by atoms with E-state index in [-0.39, 0.29) is 35.6 Å². The van der Waals surface area contributed by atoms with Crippen molar-refractivity contribution in [3.05, 3.63) is 23.3 Å². The Hall–Kier alpha value is -2.58. The maximum atomic E-state index is 13.1. The molecule has 2 bridgehead atoms. The van der Waals surface area contributed by atoms with Crippen molar-refractivity contribution >= 4 is 17.8 Å². The Bertz CT molecular complexity index is 896. The van der Waals surface area contributed by atoms with Crippen LogP contribution in [0.15, 0.2) is 17.7 Å². The maximum Gasteiger partial charge on any atom is 0.315 e. The van der Waals surface area contributed by atoms with E-state index in [4.69, 9.17) is 23.7 Å². The number of benzene rings is 1. The summed E-state index contributed by atoms with van der Waals surface area (Å²) in [6, 6.07) is 3.22. The number of carbonyl (C=O) groups is 2. The molecule has 1 spiro atoms. The summed E-state index contributed by atoms with van der Waals surface area (Å²) in [7, 11) is 2.87. The van der Waals surface area contributed by atoms with Gasteiger partial charge in [0, 0.05) is 18.6 Å². The standard InChI is InChI=1S/C20H20O8/c1-24-12-6-10(7-13(25-2)16(12)22)5-11-15(21)14-8-19-3-4-26-17(11)20(19,28-14)9-27-18(19)23/h5-7,14,17,22H,3-4,8-9H2,1-2H3. The molecule has 4 heterocycles. The van der Waals surface area contributed by atoms with Crippen LogP contribution in [0.4, 0.5) is 0 Å². The highest BCUT2D eigenvalue weighted by molar-refractivity contribution is 6.06. The Morgan fingerprint density at radius 1 is 1.21 bits per heavy atom. The molecule has 0 aliphatic carbocycles. The molecule has 4 aliphatic rings. The third-order valence-corrected chi connectivity index (χ3v) is 6.43. The summed E-state index contributed by atoms with van der Waals surface area (Å²) in [6.07, 6.45) is 1.13. The molecule has 4 saturated heterocycles. The summed E-state index contributed by atoms with van der Waals surface area (Å²) in [6.45, 7) is 0.435. The molecule has 0 amide bonds. The van der Waals surface area contributed by atoms with Crippen LogP contribution in [0.2, 0.25) is 0 Å². The van der Waals surface area contributed by atoms with Crippen molar-refractivity contribution in [2.24, 2.45) is 5.41 Å². The second kappa shape index (κ2) is 5.71. The minimum Gasteiger partial charge on any atom is -0.502 e. The molecule has 0 radical (unpaired) electrons. The van der Waals surface area contributed by atoms with Crippen LogP contribution in [0.25, 0.3) is 6.08 Å². The smallest absolute Gasteiger partial charge is 0.315 e. The summed E-state index contributed by atoms with van der Waals surface area (Å²) in [5.74, 6) is -0.155. The molecule has 0 saturated carbocycles. The fourth-order valence-corrected chi connectivity index (χ4v) is 5.05. The fourth-order valence-electron chi connectivity index (χ4n) is 5.05. The Balaban J connectivity index is 1.64. The molecule has 4 atom stereocenters. The van der Waals surface area contributed by atoms with Crippen LogP contribution in [0.3, 0.4) is 0 Å². The second-order valence-electron chi connectivity index (χ2n) is 7.60. The number of methoxy groups -OCH3 is 2. The van der Waals surface area contributed by atoms with Gasteiger partial charge in [0.05, 0.1) is 14.2 Å². The van der Waals surface area contributed by atoms with E-state index in [1.165, 1.54) is 14.2 Å². The highest BCUT2D eigenvalue weighted by Crippen LogP contribution is 2.62. The number of Topliss-reactive ketones (excluding diaryl/α,β-unsaturated/α-hetero) is 1. The average molecular weight is 388 g/mol. The molecule has 5 rings (SSSR count).